The van der Waals surface area contributed by atoms with Crippen molar-refractivity contribution in [3.8, 4) is 22.8 Å². The first-order chi connectivity index (χ1) is 19.8. The largest absolute Gasteiger partial charge is 2.00 e. The van der Waals surface area contributed by atoms with Crippen LogP contribution in [0.25, 0.3) is 66.4 Å². The normalized spacial score (nSPS) is 10.0. The van der Waals surface area contributed by atoms with Gasteiger partial charge in [0.05, 0.1) is 11.0 Å². The van der Waals surface area contributed by atoms with Crippen LogP contribution in [0.1, 0.15) is 0 Å². The van der Waals surface area contributed by atoms with Gasteiger partial charge < -0.3 is 57.9 Å². The van der Waals surface area contributed by atoms with Crippen LogP contribution in [0.4, 0.5) is 0 Å². The van der Waals surface area contributed by atoms with Crippen LogP contribution in [-0.2, 0) is 40.8 Å². The Morgan fingerprint density at radius 1 is 0.341 bits per heavy atom. The topological polar surface area (TPSA) is 51.6 Å². The molecule has 0 amide bonds. The van der Waals surface area contributed by atoms with Crippen LogP contribution in [-0.4, -0.2) is 19.9 Å². The Kier molecular flexibility index (Phi) is 13.5. The first kappa shape index (κ1) is 35.8. The summed E-state index contributed by atoms with van der Waals surface area (Å²) in [5, 5.41) is 4.46. The second kappa shape index (κ2) is 16.6. The predicted octanol–water partition coefficient (Wildman–Crippen LogP) is 2.50. The summed E-state index contributed by atoms with van der Waals surface area (Å²) in [5.41, 5.74) is 7.18. The van der Waals surface area contributed by atoms with E-state index in [1.165, 1.54) is 0 Å². The number of benzene rings is 4. The quantitative estimate of drug-likeness (QED) is 0.152. The number of pyridine rings is 4. The van der Waals surface area contributed by atoms with E-state index in [0.29, 0.717) is 0 Å². The zero-order valence-electron chi connectivity index (χ0n) is 22.9. The Balaban J connectivity index is 0.000000220. The zero-order chi connectivity index (χ0) is 26.7. The van der Waals surface area contributed by atoms with Crippen molar-refractivity contribution >= 4 is 43.6 Å². The van der Waals surface area contributed by atoms with Crippen molar-refractivity contribution in [3.05, 3.63) is 146 Å². The van der Waals surface area contributed by atoms with E-state index in [-0.39, 0.29) is 88.8 Å². The molecule has 0 fully saturated rings. The smallest absolute Gasteiger partial charge is 1.00 e. The molecule has 4 nitrogen and oxygen atoms in total. The summed E-state index contributed by atoms with van der Waals surface area (Å²) in [7, 11) is 0. The number of hydrogen-bond donors (Lipinski definition) is 0. The van der Waals surface area contributed by atoms with Gasteiger partial charge in [0.2, 0.25) is 0 Å². The van der Waals surface area contributed by atoms with E-state index >= 15 is 0 Å². The van der Waals surface area contributed by atoms with Gasteiger partial charge in [-0.15, -0.1) is 12.1 Å². The number of halogens is 2. The van der Waals surface area contributed by atoms with Gasteiger partial charge >= 0.3 is 40.8 Å². The average Bonchev–Trinajstić information content (AvgIpc) is 3.04. The van der Waals surface area contributed by atoms with Crippen molar-refractivity contribution in [2.45, 2.75) is 0 Å². The Bertz CT molecular complexity index is 1850. The maximum absolute atomic E-state index is 4.66. The van der Waals surface area contributed by atoms with Crippen LogP contribution in [0, 0.1) is 12.1 Å². The van der Waals surface area contributed by atoms with Gasteiger partial charge in [0.25, 0.3) is 0 Å². The molecule has 0 aliphatic rings. The van der Waals surface area contributed by atoms with Crippen LogP contribution < -0.4 is 48.0 Å². The molecule has 0 bridgehead atoms. The van der Waals surface area contributed by atoms with Crippen molar-refractivity contribution in [1.82, 2.24) is 19.9 Å². The molecule has 44 heavy (non-hydrogen) atoms. The molecule has 0 N–H and O–H groups in total. The average molecular weight is 977 g/mol. The van der Waals surface area contributed by atoms with Crippen molar-refractivity contribution in [2.24, 2.45) is 0 Å². The Morgan fingerprint density at radius 3 is 1.05 bits per heavy atom. The van der Waals surface area contributed by atoms with E-state index in [2.05, 4.69) is 56.3 Å². The van der Waals surface area contributed by atoms with Gasteiger partial charge in [0.15, 0.2) is 0 Å². The minimum absolute atomic E-state index is 0. The van der Waals surface area contributed by atoms with Crippen LogP contribution in [0.15, 0.2) is 133 Å². The third-order valence-electron chi connectivity index (χ3n) is 6.75. The van der Waals surface area contributed by atoms with Crippen LogP contribution in [0.5, 0.6) is 0 Å². The molecular formula is C36H22I2N4Pd2. The van der Waals surface area contributed by atoms with Gasteiger partial charge in [-0.05, 0) is 57.8 Å². The molecule has 4 aromatic carbocycles. The maximum atomic E-state index is 4.66. The van der Waals surface area contributed by atoms with Crippen molar-refractivity contribution in [2.75, 3.05) is 0 Å². The molecule has 8 heteroatoms. The second-order valence-electron chi connectivity index (χ2n) is 9.39. The predicted molar refractivity (Wildman–Crippen MR) is 163 cm³/mol. The fourth-order valence-corrected chi connectivity index (χ4v) is 4.68. The molecule has 0 unspecified atom stereocenters. The number of hydrogen-bond acceptors (Lipinski definition) is 4. The SMILES string of the molecule is [I-].[I-].[Pd+2].[Pd+2].[c-]1cc2ccccc2nc1-c1ccc2ccccc2n1.[c-]1cc2ccccc2nc1-c1ccc2ccccc2n1. The number of nitrogens with zero attached hydrogens (tertiary/aromatic N) is 4. The number of fused-ring (bicyclic) bond motifs is 4. The van der Waals surface area contributed by atoms with Gasteiger partial charge in [-0.25, -0.2) is 0 Å². The zero-order valence-corrected chi connectivity index (χ0v) is 30.3. The van der Waals surface area contributed by atoms with Gasteiger partial charge in [0, 0.05) is 11.0 Å². The summed E-state index contributed by atoms with van der Waals surface area (Å²) >= 11 is 0. The Labute approximate surface area is 317 Å². The third kappa shape index (κ3) is 7.93. The molecule has 4 heterocycles. The first-order valence-electron chi connectivity index (χ1n) is 13.1. The number of para-hydroxylation sites is 4. The summed E-state index contributed by atoms with van der Waals surface area (Å²) < 4.78 is 0. The summed E-state index contributed by atoms with van der Waals surface area (Å²) in [6.45, 7) is 0. The molecule has 4 aromatic heterocycles. The van der Waals surface area contributed by atoms with Crippen molar-refractivity contribution in [1.29, 1.82) is 0 Å². The fourth-order valence-electron chi connectivity index (χ4n) is 4.68. The molecule has 8 rings (SSSR count). The molecule has 220 valence electrons. The molecular weight excluding hydrogens is 955 g/mol. The molecule has 8 aromatic rings. The monoisotopic (exact) mass is 976 g/mol. The van der Waals surface area contributed by atoms with E-state index in [9.17, 15) is 0 Å². The van der Waals surface area contributed by atoms with Crippen molar-refractivity contribution < 1.29 is 88.8 Å². The molecule has 0 radical (unpaired) electrons. The van der Waals surface area contributed by atoms with Gasteiger partial charge in [0.1, 0.15) is 0 Å². The van der Waals surface area contributed by atoms with E-state index in [4.69, 9.17) is 0 Å². The Hall–Kier alpha value is -2.70. The summed E-state index contributed by atoms with van der Waals surface area (Å²) in [4.78, 5) is 18.6. The summed E-state index contributed by atoms with van der Waals surface area (Å²) in [6.07, 6.45) is 0. The van der Waals surface area contributed by atoms with Crippen LogP contribution in [0.3, 0.4) is 0 Å². The first-order valence-corrected chi connectivity index (χ1v) is 13.1. The van der Waals surface area contributed by atoms with Crippen LogP contribution in [0.2, 0.25) is 0 Å². The van der Waals surface area contributed by atoms with Crippen molar-refractivity contribution in [3.63, 3.8) is 0 Å². The van der Waals surface area contributed by atoms with E-state index in [1.807, 2.05) is 109 Å². The molecule has 0 aliphatic heterocycles. The molecule has 0 atom stereocenters. The third-order valence-corrected chi connectivity index (χ3v) is 6.75. The van der Waals surface area contributed by atoms with E-state index < -0.39 is 0 Å². The van der Waals surface area contributed by atoms with Gasteiger partial charge in [-0.2, -0.15) is 24.3 Å². The summed E-state index contributed by atoms with van der Waals surface area (Å²) in [6, 6.07) is 50.8. The fraction of sp³-hybridized carbons (Fsp3) is 0. The molecule has 0 spiro atoms. The number of rotatable bonds is 2. The van der Waals surface area contributed by atoms with Gasteiger partial charge in [-0.1, -0.05) is 95.7 Å². The minimum Gasteiger partial charge on any atom is -1.00 e. The minimum atomic E-state index is 0. The molecule has 0 aliphatic carbocycles. The van der Waals surface area contributed by atoms with Crippen LogP contribution >= 0.6 is 0 Å². The van der Waals surface area contributed by atoms with E-state index in [0.717, 1.165) is 66.4 Å². The van der Waals surface area contributed by atoms with Gasteiger partial charge in [-0.3, -0.25) is 9.97 Å². The maximum Gasteiger partial charge on any atom is 2.00 e. The Morgan fingerprint density at radius 2 is 0.659 bits per heavy atom. The second-order valence-corrected chi connectivity index (χ2v) is 9.39. The summed E-state index contributed by atoms with van der Waals surface area (Å²) in [5.74, 6) is 0. The molecule has 0 saturated carbocycles. The number of aromatic nitrogens is 4. The van der Waals surface area contributed by atoms with E-state index in [1.54, 1.807) is 0 Å². The molecule has 0 saturated heterocycles. The standard InChI is InChI=1S/2C18H11N2.2HI.2Pd/c2*1-3-7-15-13(5-1)9-11-17(19-15)18-12-10-14-6-2-4-8-16(14)20-18;;;;/h2*1-11H;2*1H;;/q2*-1;;;2*+2/p-2.